The third kappa shape index (κ3) is 7.16. The van der Waals surface area contributed by atoms with E-state index in [-0.39, 0.29) is 18.0 Å². The third-order valence-corrected chi connectivity index (χ3v) is 5.52. The van der Waals surface area contributed by atoms with Gasteiger partial charge in [-0.2, -0.15) is 5.10 Å². The lowest BCUT2D eigenvalue weighted by molar-refractivity contribution is -0.384. The van der Waals surface area contributed by atoms with E-state index in [2.05, 4.69) is 33.1 Å². The second-order valence-electron chi connectivity index (χ2n) is 6.84. The van der Waals surface area contributed by atoms with Crippen LogP contribution < -0.4 is 14.9 Å². The zero-order valence-electron chi connectivity index (χ0n) is 17.5. The third-order valence-electron chi connectivity index (χ3n) is 4.46. The van der Waals surface area contributed by atoms with Crippen LogP contribution in [0.1, 0.15) is 16.7 Å². The van der Waals surface area contributed by atoms with Crippen LogP contribution in [0.4, 0.5) is 5.69 Å². The van der Waals surface area contributed by atoms with E-state index in [4.69, 9.17) is 21.1 Å². The molecule has 0 aliphatic heterocycles. The zero-order chi connectivity index (χ0) is 23.8. The molecule has 10 heteroatoms. The molecule has 3 aromatic rings. The predicted molar refractivity (Wildman–Crippen MR) is 134 cm³/mol. The molecule has 0 heterocycles. The Morgan fingerprint density at radius 1 is 1.15 bits per heavy atom. The average Bonchev–Trinajstić information content (AvgIpc) is 2.79. The maximum Gasteiger partial charge on any atom is 0.269 e. The maximum atomic E-state index is 12.1. The van der Waals surface area contributed by atoms with E-state index in [9.17, 15) is 14.9 Å². The van der Waals surface area contributed by atoms with E-state index in [1.807, 2.05) is 18.2 Å². The molecule has 0 aromatic heterocycles. The Kier molecular flexibility index (Phi) is 8.61. The first-order chi connectivity index (χ1) is 15.9. The smallest absolute Gasteiger partial charge is 0.269 e. The monoisotopic (exact) mass is 579 g/mol. The zero-order valence-corrected chi connectivity index (χ0v) is 20.4. The summed E-state index contributed by atoms with van der Waals surface area (Å²) in [5.41, 5.74) is 4.75. The Bertz CT molecular complexity index is 1170. The van der Waals surface area contributed by atoms with Crippen LogP contribution in [0.5, 0.6) is 11.5 Å². The van der Waals surface area contributed by atoms with Crippen molar-refractivity contribution in [1.82, 2.24) is 5.43 Å². The molecular formula is C23H19ClIN3O5. The van der Waals surface area contributed by atoms with E-state index in [0.717, 1.165) is 9.13 Å². The van der Waals surface area contributed by atoms with Gasteiger partial charge in [-0.3, -0.25) is 14.9 Å². The van der Waals surface area contributed by atoms with Gasteiger partial charge < -0.3 is 9.47 Å². The fraction of sp³-hybridized carbons (Fsp3) is 0.130. The molecule has 0 unspecified atom stereocenters. The number of amides is 1. The first kappa shape index (κ1) is 24.5. The summed E-state index contributed by atoms with van der Waals surface area (Å²) in [6.45, 7) is 0.357. The van der Waals surface area contributed by atoms with Crippen LogP contribution in [0.15, 0.2) is 65.8 Å². The molecule has 8 nitrogen and oxygen atoms in total. The summed E-state index contributed by atoms with van der Waals surface area (Å²) in [5.74, 6) is 0.798. The molecule has 1 amide bonds. The van der Waals surface area contributed by atoms with Crippen molar-refractivity contribution < 1.29 is 19.2 Å². The average molecular weight is 580 g/mol. The fourth-order valence-corrected chi connectivity index (χ4v) is 3.74. The molecule has 0 saturated heterocycles. The Morgan fingerprint density at radius 3 is 2.45 bits per heavy atom. The highest BCUT2D eigenvalue weighted by atomic mass is 127. The van der Waals surface area contributed by atoms with Gasteiger partial charge in [-0.05, 0) is 63.5 Å². The quantitative estimate of drug-likeness (QED) is 0.164. The lowest BCUT2D eigenvalue weighted by atomic mass is 10.1. The van der Waals surface area contributed by atoms with Crippen LogP contribution in [-0.4, -0.2) is 24.2 Å². The van der Waals surface area contributed by atoms with Crippen LogP contribution in [0.3, 0.4) is 0 Å². The van der Waals surface area contributed by atoms with Gasteiger partial charge in [0.2, 0.25) is 5.91 Å². The minimum Gasteiger partial charge on any atom is -0.493 e. The number of benzene rings is 3. The van der Waals surface area contributed by atoms with Gasteiger partial charge >= 0.3 is 0 Å². The Labute approximate surface area is 208 Å². The number of rotatable bonds is 9. The van der Waals surface area contributed by atoms with Gasteiger partial charge in [0.1, 0.15) is 6.61 Å². The van der Waals surface area contributed by atoms with Crippen LogP contribution in [0, 0.1) is 13.7 Å². The molecule has 0 saturated carbocycles. The highest BCUT2D eigenvalue weighted by Gasteiger charge is 2.12. The van der Waals surface area contributed by atoms with Gasteiger partial charge in [0.15, 0.2) is 11.5 Å². The Hall–Kier alpha value is -3.18. The number of non-ortho nitro benzene ring substituents is 1. The van der Waals surface area contributed by atoms with Crippen LogP contribution in [0.25, 0.3) is 0 Å². The first-order valence-corrected chi connectivity index (χ1v) is 11.1. The minimum atomic E-state index is -0.488. The van der Waals surface area contributed by atoms with Crippen molar-refractivity contribution in [2.75, 3.05) is 7.11 Å². The SMILES string of the molecule is COc1cc(/C=N\NC(=O)Cc2ccc([N+](=O)[O-])cc2)cc(I)c1OCc1ccc(Cl)cc1. The van der Waals surface area contributed by atoms with Crippen molar-refractivity contribution in [3.8, 4) is 11.5 Å². The second-order valence-corrected chi connectivity index (χ2v) is 8.44. The number of methoxy groups -OCH3 is 1. The molecule has 1 N–H and O–H groups in total. The van der Waals surface area contributed by atoms with Crippen molar-refractivity contribution in [3.05, 3.63) is 96.1 Å². The van der Waals surface area contributed by atoms with E-state index >= 15 is 0 Å². The molecule has 0 radical (unpaired) electrons. The fourth-order valence-electron chi connectivity index (χ4n) is 2.83. The number of hydrogen-bond acceptors (Lipinski definition) is 6. The van der Waals surface area contributed by atoms with Crippen molar-refractivity contribution >= 4 is 52.0 Å². The van der Waals surface area contributed by atoms with E-state index in [1.54, 1.807) is 25.3 Å². The molecule has 0 spiro atoms. The topological polar surface area (TPSA) is 103 Å². The molecule has 0 bridgehead atoms. The highest BCUT2D eigenvalue weighted by molar-refractivity contribution is 14.1. The van der Waals surface area contributed by atoms with E-state index < -0.39 is 4.92 Å². The summed E-state index contributed by atoms with van der Waals surface area (Å²) >= 11 is 8.06. The van der Waals surface area contributed by atoms with Gasteiger partial charge in [0.25, 0.3) is 5.69 Å². The number of halogens is 2. The summed E-state index contributed by atoms with van der Waals surface area (Å²) in [7, 11) is 1.55. The lowest BCUT2D eigenvalue weighted by Crippen LogP contribution is -2.19. The van der Waals surface area contributed by atoms with Gasteiger partial charge in [0, 0.05) is 17.2 Å². The highest BCUT2D eigenvalue weighted by Crippen LogP contribution is 2.34. The minimum absolute atomic E-state index is 0.0266. The van der Waals surface area contributed by atoms with E-state index in [1.165, 1.54) is 30.5 Å². The van der Waals surface area contributed by atoms with Crippen LogP contribution in [-0.2, 0) is 17.8 Å². The molecule has 3 rings (SSSR count). The number of hydrazone groups is 1. The van der Waals surface area contributed by atoms with Gasteiger partial charge in [-0.15, -0.1) is 0 Å². The summed E-state index contributed by atoms with van der Waals surface area (Å²) in [6.07, 6.45) is 1.55. The first-order valence-electron chi connectivity index (χ1n) is 9.65. The number of nitro benzene ring substituents is 1. The van der Waals surface area contributed by atoms with E-state index in [0.29, 0.717) is 34.3 Å². The number of nitrogens with zero attached hydrogens (tertiary/aromatic N) is 2. The summed E-state index contributed by atoms with van der Waals surface area (Å²) in [4.78, 5) is 22.3. The van der Waals surface area contributed by atoms with Crippen molar-refractivity contribution in [1.29, 1.82) is 0 Å². The predicted octanol–water partition coefficient (Wildman–Crippen LogP) is 5.13. The van der Waals surface area contributed by atoms with Crippen molar-refractivity contribution in [3.63, 3.8) is 0 Å². The van der Waals surface area contributed by atoms with Crippen LogP contribution in [0.2, 0.25) is 5.02 Å². The van der Waals surface area contributed by atoms with Gasteiger partial charge in [0.05, 0.1) is 28.2 Å². The number of carbonyl (C=O) groups is 1. The molecule has 0 aliphatic rings. The molecule has 0 aliphatic carbocycles. The summed E-state index contributed by atoms with van der Waals surface area (Å²) < 4.78 is 12.2. The molecule has 0 atom stereocenters. The summed E-state index contributed by atoms with van der Waals surface area (Å²) in [6, 6.07) is 16.8. The Balaban J connectivity index is 1.60. The number of ether oxygens (including phenoxy) is 2. The standard InChI is InChI=1S/C23H19ClIN3O5/c1-32-21-11-17(10-20(25)23(21)33-14-16-2-6-18(24)7-3-16)13-26-27-22(29)12-15-4-8-19(9-5-15)28(30)31/h2-11,13H,12,14H2,1H3,(H,27,29)/b26-13-. The number of carbonyl (C=O) groups excluding carboxylic acids is 1. The molecule has 3 aromatic carbocycles. The lowest BCUT2D eigenvalue weighted by Gasteiger charge is -2.13. The number of hydrogen-bond donors (Lipinski definition) is 1. The maximum absolute atomic E-state index is 12.1. The Morgan fingerprint density at radius 2 is 1.82 bits per heavy atom. The van der Waals surface area contributed by atoms with Gasteiger partial charge in [-0.25, -0.2) is 5.43 Å². The van der Waals surface area contributed by atoms with Crippen molar-refractivity contribution in [2.24, 2.45) is 5.10 Å². The van der Waals surface area contributed by atoms with Crippen molar-refractivity contribution in [2.45, 2.75) is 13.0 Å². The van der Waals surface area contributed by atoms with Gasteiger partial charge in [-0.1, -0.05) is 35.9 Å². The number of nitrogens with one attached hydrogen (secondary N) is 1. The molecule has 0 fully saturated rings. The summed E-state index contributed by atoms with van der Waals surface area (Å²) in [5, 5.41) is 15.3. The molecule has 170 valence electrons. The molecular weight excluding hydrogens is 561 g/mol. The second kappa shape index (κ2) is 11.6. The van der Waals surface area contributed by atoms with Crippen LogP contribution >= 0.6 is 34.2 Å². The normalized spacial score (nSPS) is 10.8. The largest absolute Gasteiger partial charge is 0.493 e. The molecule has 33 heavy (non-hydrogen) atoms. The number of nitro groups is 1.